The van der Waals surface area contributed by atoms with E-state index in [4.69, 9.17) is 5.26 Å². The first-order chi connectivity index (χ1) is 13.0. The number of hydrogen-bond donors (Lipinski definition) is 0. The van der Waals surface area contributed by atoms with Gasteiger partial charge in [0.25, 0.3) is 0 Å². The Morgan fingerprint density at radius 3 is 2.41 bits per heavy atom. The molecule has 0 saturated carbocycles. The number of nitrogens with zero attached hydrogens (tertiary/aromatic N) is 6. The molecule has 0 atom stereocenters. The lowest BCUT2D eigenvalue weighted by Crippen LogP contribution is -2.49. The summed E-state index contributed by atoms with van der Waals surface area (Å²) < 4.78 is 1.75. The third-order valence-electron chi connectivity index (χ3n) is 4.92. The number of aryl methyl sites for hydroxylation is 1. The van der Waals surface area contributed by atoms with Gasteiger partial charge in [0, 0.05) is 65.1 Å². The van der Waals surface area contributed by atoms with Crippen molar-refractivity contribution in [2.45, 2.75) is 13.1 Å². The zero-order chi connectivity index (χ0) is 19.2. The summed E-state index contributed by atoms with van der Waals surface area (Å²) in [5, 5.41) is 13.0. The summed E-state index contributed by atoms with van der Waals surface area (Å²) in [6.07, 6.45) is 3.73. The van der Waals surface area contributed by atoms with Crippen molar-refractivity contribution >= 4 is 5.91 Å². The molecule has 3 rings (SSSR count). The Morgan fingerprint density at radius 1 is 1.15 bits per heavy atom. The standard InChI is InChI=1S/C20H26N6O/c1-23(13-19-12-22-24(2)14-19)20(27)16-26-9-7-25(8-10-26)15-18-5-3-17(11-21)4-6-18/h3-6,12,14H,7-10,13,15-16H2,1-2H3. The van der Waals surface area contributed by atoms with E-state index < -0.39 is 0 Å². The maximum absolute atomic E-state index is 12.5. The molecular weight excluding hydrogens is 340 g/mol. The van der Waals surface area contributed by atoms with Crippen LogP contribution >= 0.6 is 0 Å². The van der Waals surface area contributed by atoms with Crippen LogP contribution in [0.15, 0.2) is 36.7 Å². The Bertz CT molecular complexity index is 799. The maximum Gasteiger partial charge on any atom is 0.236 e. The first-order valence-corrected chi connectivity index (χ1v) is 9.19. The fourth-order valence-corrected chi connectivity index (χ4v) is 3.28. The summed E-state index contributed by atoms with van der Waals surface area (Å²) in [6.45, 7) is 5.60. The first-order valence-electron chi connectivity index (χ1n) is 9.19. The van der Waals surface area contributed by atoms with E-state index in [9.17, 15) is 4.79 Å². The van der Waals surface area contributed by atoms with E-state index in [2.05, 4.69) is 21.0 Å². The number of carbonyl (C=O) groups excluding carboxylic acids is 1. The Morgan fingerprint density at radius 2 is 1.81 bits per heavy atom. The van der Waals surface area contributed by atoms with Crippen molar-refractivity contribution in [2.24, 2.45) is 7.05 Å². The van der Waals surface area contributed by atoms with Crippen molar-refractivity contribution in [2.75, 3.05) is 39.8 Å². The molecule has 1 amide bonds. The molecule has 0 bridgehead atoms. The van der Waals surface area contributed by atoms with Crippen LogP contribution in [0.4, 0.5) is 0 Å². The van der Waals surface area contributed by atoms with Gasteiger partial charge in [-0.25, -0.2) is 0 Å². The van der Waals surface area contributed by atoms with Crippen molar-refractivity contribution in [1.82, 2.24) is 24.5 Å². The SMILES string of the molecule is CN(Cc1cnn(C)c1)C(=O)CN1CCN(Cc2ccc(C#N)cc2)CC1. The summed E-state index contributed by atoms with van der Waals surface area (Å²) in [5.74, 6) is 0.138. The molecule has 1 aliphatic rings. The molecule has 2 heterocycles. The highest BCUT2D eigenvalue weighted by atomic mass is 16.2. The van der Waals surface area contributed by atoms with Gasteiger partial charge in [-0.1, -0.05) is 12.1 Å². The lowest BCUT2D eigenvalue weighted by molar-refractivity contribution is -0.132. The predicted molar refractivity (Wildman–Crippen MR) is 103 cm³/mol. The smallest absolute Gasteiger partial charge is 0.236 e. The van der Waals surface area contributed by atoms with E-state index in [1.54, 1.807) is 15.8 Å². The lowest BCUT2D eigenvalue weighted by atomic mass is 10.1. The zero-order valence-electron chi connectivity index (χ0n) is 16.0. The van der Waals surface area contributed by atoms with Crippen LogP contribution < -0.4 is 0 Å². The van der Waals surface area contributed by atoms with Gasteiger partial charge in [-0.15, -0.1) is 0 Å². The van der Waals surface area contributed by atoms with Crippen molar-refractivity contribution in [1.29, 1.82) is 5.26 Å². The van der Waals surface area contributed by atoms with Crippen LogP contribution in [0.5, 0.6) is 0 Å². The molecule has 1 aromatic carbocycles. The molecule has 1 aliphatic heterocycles. The number of benzene rings is 1. The molecule has 0 spiro atoms. The fourth-order valence-electron chi connectivity index (χ4n) is 3.28. The van der Waals surface area contributed by atoms with Crippen LogP contribution in [0.1, 0.15) is 16.7 Å². The van der Waals surface area contributed by atoms with Gasteiger partial charge in [-0.2, -0.15) is 10.4 Å². The fraction of sp³-hybridized carbons (Fsp3) is 0.450. The van der Waals surface area contributed by atoms with E-state index in [-0.39, 0.29) is 5.91 Å². The number of nitriles is 1. The number of aromatic nitrogens is 2. The average Bonchev–Trinajstić information content (AvgIpc) is 3.08. The quantitative estimate of drug-likeness (QED) is 0.765. The van der Waals surface area contributed by atoms with E-state index in [1.165, 1.54) is 5.56 Å². The monoisotopic (exact) mass is 366 g/mol. The van der Waals surface area contributed by atoms with Crippen molar-refractivity contribution < 1.29 is 4.79 Å². The Hall–Kier alpha value is -2.69. The topological polar surface area (TPSA) is 68.4 Å². The molecule has 1 saturated heterocycles. The third kappa shape index (κ3) is 5.39. The van der Waals surface area contributed by atoms with Gasteiger partial charge in [0.2, 0.25) is 5.91 Å². The van der Waals surface area contributed by atoms with E-state index >= 15 is 0 Å². The van der Waals surface area contributed by atoms with E-state index in [0.29, 0.717) is 18.7 Å². The van der Waals surface area contributed by atoms with Crippen LogP contribution in [-0.4, -0.2) is 70.2 Å². The van der Waals surface area contributed by atoms with Crippen LogP contribution in [0.3, 0.4) is 0 Å². The number of carbonyl (C=O) groups is 1. The van der Waals surface area contributed by atoms with Gasteiger partial charge in [0.15, 0.2) is 0 Å². The highest BCUT2D eigenvalue weighted by Gasteiger charge is 2.20. The Labute approximate surface area is 160 Å². The zero-order valence-corrected chi connectivity index (χ0v) is 16.0. The molecule has 7 heteroatoms. The highest BCUT2D eigenvalue weighted by molar-refractivity contribution is 5.78. The van der Waals surface area contributed by atoms with Crippen LogP contribution in [0.2, 0.25) is 0 Å². The maximum atomic E-state index is 12.5. The normalized spacial score (nSPS) is 15.4. The number of likely N-dealkylation sites (N-methyl/N-ethyl adjacent to an activating group) is 1. The lowest BCUT2D eigenvalue weighted by Gasteiger charge is -2.35. The molecule has 1 fully saturated rings. The second-order valence-electron chi connectivity index (χ2n) is 7.13. The molecule has 7 nitrogen and oxygen atoms in total. The van der Waals surface area contributed by atoms with Crippen LogP contribution in [0.25, 0.3) is 0 Å². The summed E-state index contributed by atoms with van der Waals surface area (Å²) in [6, 6.07) is 9.90. The summed E-state index contributed by atoms with van der Waals surface area (Å²) >= 11 is 0. The summed E-state index contributed by atoms with van der Waals surface area (Å²) in [5.41, 5.74) is 2.95. The number of amides is 1. The van der Waals surface area contributed by atoms with Gasteiger partial charge < -0.3 is 4.90 Å². The average molecular weight is 366 g/mol. The Balaban J connectivity index is 1.41. The molecule has 0 radical (unpaired) electrons. The van der Waals surface area contributed by atoms with Crippen molar-refractivity contribution in [3.8, 4) is 6.07 Å². The molecule has 1 aromatic heterocycles. The van der Waals surface area contributed by atoms with Crippen LogP contribution in [0, 0.1) is 11.3 Å². The molecule has 27 heavy (non-hydrogen) atoms. The number of hydrogen-bond acceptors (Lipinski definition) is 5. The number of piperazine rings is 1. The second kappa shape index (κ2) is 8.80. The van der Waals surface area contributed by atoms with E-state index in [1.807, 2.05) is 44.6 Å². The van der Waals surface area contributed by atoms with Gasteiger partial charge in [0.05, 0.1) is 24.4 Å². The third-order valence-corrected chi connectivity index (χ3v) is 4.92. The summed E-state index contributed by atoms with van der Waals surface area (Å²) in [4.78, 5) is 18.8. The molecule has 0 N–H and O–H groups in total. The molecule has 0 aliphatic carbocycles. The predicted octanol–water partition coefficient (Wildman–Crippen LogP) is 1.07. The molecule has 0 unspecified atom stereocenters. The van der Waals surface area contributed by atoms with Crippen LogP contribution in [-0.2, 0) is 24.9 Å². The summed E-state index contributed by atoms with van der Waals surface area (Å²) in [7, 11) is 3.72. The van der Waals surface area contributed by atoms with Gasteiger partial charge in [-0.3, -0.25) is 19.3 Å². The minimum Gasteiger partial charge on any atom is -0.340 e. The second-order valence-corrected chi connectivity index (χ2v) is 7.13. The number of rotatable bonds is 6. The molecule has 142 valence electrons. The van der Waals surface area contributed by atoms with Crippen molar-refractivity contribution in [3.63, 3.8) is 0 Å². The minimum atomic E-state index is 0.138. The van der Waals surface area contributed by atoms with Gasteiger partial charge >= 0.3 is 0 Å². The van der Waals surface area contributed by atoms with Gasteiger partial charge in [0.1, 0.15) is 0 Å². The molecule has 2 aromatic rings. The Kier molecular flexibility index (Phi) is 6.22. The first kappa shape index (κ1) is 19.1. The largest absolute Gasteiger partial charge is 0.340 e. The van der Waals surface area contributed by atoms with Gasteiger partial charge in [-0.05, 0) is 17.7 Å². The van der Waals surface area contributed by atoms with E-state index in [0.717, 1.165) is 38.3 Å². The van der Waals surface area contributed by atoms with Crippen molar-refractivity contribution in [3.05, 3.63) is 53.3 Å². The molecular formula is C20H26N6O. The highest BCUT2D eigenvalue weighted by Crippen LogP contribution is 2.10. The minimum absolute atomic E-state index is 0.138.